The van der Waals surface area contributed by atoms with Gasteiger partial charge in [-0.1, -0.05) is 35.5 Å². The highest BCUT2D eigenvalue weighted by molar-refractivity contribution is 5.09. The Balaban J connectivity index is 2.70. The van der Waals surface area contributed by atoms with Gasteiger partial charge >= 0.3 is 0 Å². The van der Waals surface area contributed by atoms with Crippen LogP contribution < -0.4 is 0 Å². The molecule has 0 aliphatic heterocycles. The lowest BCUT2D eigenvalue weighted by Crippen LogP contribution is -2.02. The van der Waals surface area contributed by atoms with Gasteiger partial charge in [0.15, 0.2) is 0 Å². The number of hydrogen-bond acceptors (Lipinski definition) is 0. The summed E-state index contributed by atoms with van der Waals surface area (Å²) in [5.74, 6) is 0.682. The first-order chi connectivity index (χ1) is 7.09. The van der Waals surface area contributed by atoms with E-state index in [2.05, 4.69) is 39.5 Å². The lowest BCUT2D eigenvalue weighted by molar-refractivity contribution is 0.562. The largest absolute Gasteiger partial charge is 0.0998 e. The SMILES string of the molecule is C=C(C)[C@H]1C/C=C(\C)CC/C=C(\C)CC1. The first kappa shape index (κ1) is 12.3. The van der Waals surface area contributed by atoms with Crippen LogP contribution in [-0.2, 0) is 0 Å². The Kier molecular flexibility index (Phi) is 4.87. The zero-order chi connectivity index (χ0) is 11.3. The summed E-state index contributed by atoms with van der Waals surface area (Å²) in [6.45, 7) is 10.8. The van der Waals surface area contributed by atoms with Crippen LogP contribution in [0.2, 0.25) is 0 Å². The maximum atomic E-state index is 4.11. The van der Waals surface area contributed by atoms with E-state index in [-0.39, 0.29) is 0 Å². The minimum Gasteiger partial charge on any atom is -0.0998 e. The highest BCUT2D eigenvalue weighted by Gasteiger charge is 2.09. The first-order valence-corrected chi connectivity index (χ1v) is 6.06. The van der Waals surface area contributed by atoms with Gasteiger partial charge in [-0.15, -0.1) is 0 Å². The van der Waals surface area contributed by atoms with Gasteiger partial charge in [0, 0.05) is 0 Å². The van der Waals surface area contributed by atoms with E-state index in [9.17, 15) is 0 Å². The Labute approximate surface area is 94.8 Å². The van der Waals surface area contributed by atoms with Gasteiger partial charge in [-0.05, 0) is 58.8 Å². The van der Waals surface area contributed by atoms with Gasteiger partial charge in [-0.3, -0.25) is 0 Å². The van der Waals surface area contributed by atoms with Gasteiger partial charge in [-0.2, -0.15) is 0 Å². The molecule has 0 heterocycles. The van der Waals surface area contributed by atoms with Crippen molar-refractivity contribution in [3.05, 3.63) is 35.5 Å². The van der Waals surface area contributed by atoms with Gasteiger partial charge in [-0.25, -0.2) is 0 Å². The van der Waals surface area contributed by atoms with E-state index in [4.69, 9.17) is 0 Å². The molecule has 0 aromatic rings. The minimum atomic E-state index is 0.682. The lowest BCUT2D eigenvalue weighted by atomic mass is 9.89. The summed E-state index contributed by atoms with van der Waals surface area (Å²) in [6, 6.07) is 0. The Morgan fingerprint density at radius 1 is 1.20 bits per heavy atom. The van der Waals surface area contributed by atoms with Crippen molar-refractivity contribution in [1.29, 1.82) is 0 Å². The van der Waals surface area contributed by atoms with Gasteiger partial charge in [0.1, 0.15) is 0 Å². The molecule has 0 saturated heterocycles. The topological polar surface area (TPSA) is 0 Å². The Bertz CT molecular complexity index is 278. The lowest BCUT2D eigenvalue weighted by Gasteiger charge is -2.17. The molecule has 0 heteroatoms. The van der Waals surface area contributed by atoms with E-state index in [0.717, 1.165) is 0 Å². The molecule has 0 N–H and O–H groups in total. The van der Waals surface area contributed by atoms with Crippen molar-refractivity contribution >= 4 is 0 Å². The standard InChI is InChI=1S/C15H24/c1-12(2)15-10-8-13(3)6-5-7-14(4)9-11-15/h6,9,15H,1,5,7-8,10-11H2,2-4H3/b13-6+,14-9+/t15-/m1/s1. The van der Waals surface area contributed by atoms with Gasteiger partial charge in [0.25, 0.3) is 0 Å². The predicted molar refractivity (Wildman–Crippen MR) is 68.9 cm³/mol. The molecule has 0 amide bonds. The van der Waals surface area contributed by atoms with E-state index in [0.29, 0.717) is 5.92 Å². The van der Waals surface area contributed by atoms with Crippen LogP contribution in [0.5, 0.6) is 0 Å². The first-order valence-electron chi connectivity index (χ1n) is 6.06. The van der Waals surface area contributed by atoms with E-state index >= 15 is 0 Å². The summed E-state index contributed by atoms with van der Waals surface area (Å²) >= 11 is 0. The van der Waals surface area contributed by atoms with Crippen molar-refractivity contribution in [3.8, 4) is 0 Å². The average molecular weight is 204 g/mol. The number of allylic oxidation sites excluding steroid dienone is 5. The van der Waals surface area contributed by atoms with Crippen molar-refractivity contribution in [2.45, 2.75) is 52.9 Å². The molecular weight excluding hydrogens is 180 g/mol. The Hall–Kier alpha value is -0.780. The molecule has 1 aliphatic rings. The van der Waals surface area contributed by atoms with E-state index in [1.807, 2.05) is 0 Å². The van der Waals surface area contributed by atoms with Gasteiger partial charge in [0.2, 0.25) is 0 Å². The summed E-state index contributed by atoms with van der Waals surface area (Å²) in [7, 11) is 0. The van der Waals surface area contributed by atoms with Crippen LogP contribution in [-0.4, -0.2) is 0 Å². The van der Waals surface area contributed by atoms with E-state index in [1.54, 1.807) is 5.57 Å². The van der Waals surface area contributed by atoms with Crippen LogP contribution in [0.1, 0.15) is 52.9 Å². The highest BCUT2D eigenvalue weighted by atomic mass is 14.1. The van der Waals surface area contributed by atoms with Crippen LogP contribution in [0, 0.1) is 5.92 Å². The Morgan fingerprint density at radius 3 is 2.53 bits per heavy atom. The third kappa shape index (κ3) is 4.51. The zero-order valence-corrected chi connectivity index (χ0v) is 10.5. The fourth-order valence-corrected chi connectivity index (χ4v) is 2.06. The van der Waals surface area contributed by atoms with Crippen molar-refractivity contribution in [1.82, 2.24) is 0 Å². The Morgan fingerprint density at radius 2 is 1.87 bits per heavy atom. The predicted octanol–water partition coefficient (Wildman–Crippen LogP) is 5.04. The van der Waals surface area contributed by atoms with Crippen molar-refractivity contribution in [2.24, 2.45) is 5.92 Å². The zero-order valence-electron chi connectivity index (χ0n) is 10.5. The van der Waals surface area contributed by atoms with Crippen LogP contribution >= 0.6 is 0 Å². The highest BCUT2D eigenvalue weighted by Crippen LogP contribution is 2.25. The van der Waals surface area contributed by atoms with E-state index in [1.165, 1.54) is 43.3 Å². The fraction of sp³-hybridized carbons (Fsp3) is 0.600. The van der Waals surface area contributed by atoms with Gasteiger partial charge < -0.3 is 0 Å². The second kappa shape index (κ2) is 5.95. The second-order valence-corrected chi connectivity index (χ2v) is 4.96. The summed E-state index contributed by atoms with van der Waals surface area (Å²) in [5.41, 5.74) is 4.43. The van der Waals surface area contributed by atoms with Crippen LogP contribution in [0.15, 0.2) is 35.5 Å². The molecule has 84 valence electrons. The molecule has 0 radical (unpaired) electrons. The maximum absolute atomic E-state index is 4.11. The summed E-state index contributed by atoms with van der Waals surface area (Å²) in [6.07, 6.45) is 10.9. The molecule has 1 rings (SSSR count). The monoisotopic (exact) mass is 204 g/mol. The molecule has 0 spiro atoms. The quantitative estimate of drug-likeness (QED) is 0.525. The van der Waals surface area contributed by atoms with Crippen LogP contribution in [0.3, 0.4) is 0 Å². The van der Waals surface area contributed by atoms with Crippen LogP contribution in [0.4, 0.5) is 0 Å². The molecule has 1 aliphatic carbocycles. The second-order valence-electron chi connectivity index (χ2n) is 4.96. The van der Waals surface area contributed by atoms with Gasteiger partial charge in [0.05, 0.1) is 0 Å². The minimum absolute atomic E-state index is 0.682. The smallest absolute Gasteiger partial charge is 0.0171 e. The fourth-order valence-electron chi connectivity index (χ4n) is 2.06. The van der Waals surface area contributed by atoms with Crippen molar-refractivity contribution < 1.29 is 0 Å². The molecule has 0 fully saturated rings. The molecule has 0 nitrogen and oxygen atoms in total. The van der Waals surface area contributed by atoms with Crippen LogP contribution in [0.25, 0.3) is 0 Å². The molecule has 0 bridgehead atoms. The number of hydrogen-bond donors (Lipinski definition) is 0. The van der Waals surface area contributed by atoms with E-state index < -0.39 is 0 Å². The molecule has 0 aromatic carbocycles. The molecule has 0 unspecified atom stereocenters. The third-order valence-corrected chi connectivity index (χ3v) is 3.37. The number of rotatable bonds is 1. The maximum Gasteiger partial charge on any atom is -0.0171 e. The molecule has 1 atom stereocenters. The summed E-state index contributed by atoms with van der Waals surface area (Å²) in [4.78, 5) is 0. The van der Waals surface area contributed by atoms with Crippen molar-refractivity contribution in [2.75, 3.05) is 0 Å². The molecule has 15 heavy (non-hydrogen) atoms. The average Bonchev–Trinajstić information content (AvgIpc) is 2.16. The molecule has 0 aromatic heterocycles. The summed E-state index contributed by atoms with van der Waals surface area (Å²) < 4.78 is 0. The third-order valence-electron chi connectivity index (χ3n) is 3.37. The molecular formula is C15H24. The van der Waals surface area contributed by atoms with Crippen molar-refractivity contribution in [3.63, 3.8) is 0 Å². The molecule has 0 saturated carbocycles. The normalized spacial score (nSPS) is 31.0. The summed E-state index contributed by atoms with van der Waals surface area (Å²) in [5, 5.41) is 0.